The zero-order valence-corrected chi connectivity index (χ0v) is 14.3. The summed E-state index contributed by atoms with van der Waals surface area (Å²) in [5.74, 6) is -2.50. The van der Waals surface area contributed by atoms with Crippen LogP contribution in [0.4, 0.5) is 5.69 Å². The van der Waals surface area contributed by atoms with Crippen LogP contribution in [0.1, 0.15) is 13.8 Å². The number of thioether (sulfide) groups is 1. The normalized spacial score (nSPS) is 35.8. The van der Waals surface area contributed by atoms with E-state index in [9.17, 15) is 10.2 Å². The van der Waals surface area contributed by atoms with Gasteiger partial charge in [0.15, 0.2) is 5.79 Å². The van der Waals surface area contributed by atoms with Crippen molar-refractivity contribution in [2.45, 2.75) is 48.6 Å². The van der Waals surface area contributed by atoms with Crippen LogP contribution in [-0.4, -0.2) is 59.5 Å². The Morgan fingerprint density at radius 1 is 1.26 bits per heavy atom. The maximum absolute atomic E-state index is 10.6. The summed E-state index contributed by atoms with van der Waals surface area (Å²) >= 11 is 1.66. The van der Waals surface area contributed by atoms with Crippen LogP contribution >= 0.6 is 11.8 Å². The Labute approximate surface area is 140 Å². The van der Waals surface area contributed by atoms with Crippen molar-refractivity contribution in [1.82, 2.24) is 0 Å². The molecule has 0 saturated carbocycles. The molecule has 128 valence electrons. The Bertz CT molecular complexity index is 552. The smallest absolute Gasteiger partial charge is 0.212 e. The molecule has 2 aliphatic rings. The Morgan fingerprint density at radius 3 is 2.61 bits per heavy atom. The second kappa shape index (κ2) is 6.23. The summed E-state index contributed by atoms with van der Waals surface area (Å²) < 4.78 is 16.8. The van der Waals surface area contributed by atoms with Gasteiger partial charge in [0.25, 0.3) is 0 Å². The average Bonchev–Trinajstić information content (AvgIpc) is 2.85. The predicted molar refractivity (Wildman–Crippen MR) is 87.4 cm³/mol. The van der Waals surface area contributed by atoms with Gasteiger partial charge in [-0.25, -0.2) is 0 Å². The van der Waals surface area contributed by atoms with Gasteiger partial charge in [0.1, 0.15) is 18.3 Å². The molecule has 6 nitrogen and oxygen atoms in total. The van der Waals surface area contributed by atoms with Gasteiger partial charge in [-0.05, 0) is 44.4 Å². The molecule has 0 aliphatic carbocycles. The quantitative estimate of drug-likeness (QED) is 0.715. The Balaban J connectivity index is 1.64. The van der Waals surface area contributed by atoms with E-state index in [0.29, 0.717) is 0 Å². The molecule has 2 saturated heterocycles. The fourth-order valence-corrected chi connectivity index (χ4v) is 3.33. The molecule has 0 aromatic heterocycles. The zero-order chi connectivity index (χ0) is 16.7. The van der Waals surface area contributed by atoms with Crippen molar-refractivity contribution in [3.05, 3.63) is 24.3 Å². The molecule has 2 aliphatic heterocycles. The van der Waals surface area contributed by atoms with Crippen molar-refractivity contribution >= 4 is 17.4 Å². The number of aliphatic hydroxyl groups excluding tert-OH is 1. The standard InChI is InChI=1S/C16H23NO5S/c1-15(2)21-12-8-20-16(19,14(18)13(12)22-15)9-17-10-4-6-11(23-3)7-5-10/h4-7,12-14,17-19H,8-9H2,1-3H3/t12-,13-,14+,16-/m1/s1. The van der Waals surface area contributed by atoms with Gasteiger partial charge < -0.3 is 29.7 Å². The van der Waals surface area contributed by atoms with Gasteiger partial charge in [-0.15, -0.1) is 11.8 Å². The first-order chi connectivity index (χ1) is 10.8. The molecule has 3 N–H and O–H groups in total. The van der Waals surface area contributed by atoms with Gasteiger partial charge in [0, 0.05) is 10.6 Å². The number of ether oxygens (including phenoxy) is 3. The molecule has 2 heterocycles. The summed E-state index contributed by atoms with van der Waals surface area (Å²) in [6.07, 6.45) is -0.162. The Morgan fingerprint density at radius 2 is 1.96 bits per heavy atom. The molecule has 3 rings (SSSR count). The van der Waals surface area contributed by atoms with E-state index in [4.69, 9.17) is 14.2 Å². The SMILES string of the molecule is CSc1ccc(NC[C@@]2(O)OC[C@H]3OC(C)(C)O[C@H]3[C@@H]2O)cc1. The van der Waals surface area contributed by atoms with Gasteiger partial charge >= 0.3 is 0 Å². The largest absolute Gasteiger partial charge is 0.385 e. The first-order valence-corrected chi connectivity index (χ1v) is 8.83. The molecular weight excluding hydrogens is 318 g/mol. The number of aliphatic hydroxyl groups is 2. The monoisotopic (exact) mass is 341 g/mol. The lowest BCUT2D eigenvalue weighted by Gasteiger charge is -2.41. The number of fused-ring (bicyclic) bond motifs is 1. The number of anilines is 1. The van der Waals surface area contributed by atoms with Gasteiger partial charge in [-0.3, -0.25) is 0 Å². The Hall–Kier alpha value is -0.830. The highest BCUT2D eigenvalue weighted by Crippen LogP contribution is 2.37. The molecule has 7 heteroatoms. The van der Waals surface area contributed by atoms with Crippen molar-refractivity contribution in [2.75, 3.05) is 24.7 Å². The van der Waals surface area contributed by atoms with Crippen LogP contribution in [0.2, 0.25) is 0 Å². The van der Waals surface area contributed by atoms with Gasteiger partial charge in [-0.2, -0.15) is 0 Å². The second-order valence-corrected chi connectivity index (χ2v) is 7.20. The summed E-state index contributed by atoms with van der Waals surface area (Å²) in [6, 6.07) is 7.82. The first-order valence-electron chi connectivity index (χ1n) is 7.61. The van der Waals surface area contributed by atoms with Crippen molar-refractivity contribution in [3.8, 4) is 0 Å². The van der Waals surface area contributed by atoms with E-state index >= 15 is 0 Å². The zero-order valence-electron chi connectivity index (χ0n) is 13.5. The molecule has 1 aromatic rings. The number of hydrogen-bond acceptors (Lipinski definition) is 7. The average molecular weight is 341 g/mol. The fraction of sp³-hybridized carbons (Fsp3) is 0.625. The van der Waals surface area contributed by atoms with E-state index in [1.165, 1.54) is 0 Å². The van der Waals surface area contributed by atoms with Crippen LogP contribution in [0.3, 0.4) is 0 Å². The summed E-state index contributed by atoms with van der Waals surface area (Å²) in [6.45, 7) is 3.79. The summed E-state index contributed by atoms with van der Waals surface area (Å²) in [5, 5.41) is 24.2. The van der Waals surface area contributed by atoms with E-state index in [1.54, 1.807) is 25.6 Å². The molecule has 1 aromatic carbocycles. The maximum atomic E-state index is 10.6. The number of benzene rings is 1. The van der Waals surface area contributed by atoms with Crippen LogP contribution in [0.5, 0.6) is 0 Å². The lowest BCUT2D eigenvalue weighted by molar-refractivity contribution is -0.298. The summed E-state index contributed by atoms with van der Waals surface area (Å²) in [5.41, 5.74) is 0.845. The summed E-state index contributed by atoms with van der Waals surface area (Å²) in [7, 11) is 0. The molecule has 0 spiro atoms. The third-order valence-electron chi connectivity index (χ3n) is 4.13. The molecule has 0 radical (unpaired) electrons. The lowest BCUT2D eigenvalue weighted by Crippen LogP contribution is -2.62. The lowest BCUT2D eigenvalue weighted by atomic mass is 9.97. The van der Waals surface area contributed by atoms with Crippen molar-refractivity contribution in [2.24, 2.45) is 0 Å². The van der Waals surface area contributed by atoms with E-state index in [0.717, 1.165) is 10.6 Å². The second-order valence-electron chi connectivity index (χ2n) is 6.32. The molecular formula is C16H23NO5S. The van der Waals surface area contributed by atoms with Gasteiger partial charge in [0.2, 0.25) is 5.79 Å². The van der Waals surface area contributed by atoms with Crippen molar-refractivity contribution in [3.63, 3.8) is 0 Å². The number of nitrogens with one attached hydrogen (secondary N) is 1. The molecule has 23 heavy (non-hydrogen) atoms. The van der Waals surface area contributed by atoms with Crippen LogP contribution < -0.4 is 5.32 Å². The van der Waals surface area contributed by atoms with E-state index in [1.807, 2.05) is 30.5 Å². The highest BCUT2D eigenvalue weighted by Gasteiger charge is 2.56. The topological polar surface area (TPSA) is 80.2 Å². The minimum absolute atomic E-state index is 0.0553. The number of rotatable bonds is 4. The fourth-order valence-electron chi connectivity index (χ4n) is 2.92. The van der Waals surface area contributed by atoms with E-state index in [2.05, 4.69) is 5.32 Å². The Kier molecular flexibility index (Phi) is 4.61. The van der Waals surface area contributed by atoms with Crippen LogP contribution in [-0.2, 0) is 14.2 Å². The molecule has 2 fully saturated rings. The highest BCUT2D eigenvalue weighted by atomic mass is 32.2. The van der Waals surface area contributed by atoms with E-state index < -0.39 is 23.8 Å². The molecule has 0 amide bonds. The highest BCUT2D eigenvalue weighted by molar-refractivity contribution is 7.98. The molecule has 0 unspecified atom stereocenters. The van der Waals surface area contributed by atoms with Crippen molar-refractivity contribution in [1.29, 1.82) is 0 Å². The van der Waals surface area contributed by atoms with Crippen LogP contribution in [0, 0.1) is 0 Å². The first kappa shape index (κ1) is 17.0. The third-order valence-corrected chi connectivity index (χ3v) is 4.87. The molecule has 0 bridgehead atoms. The van der Waals surface area contributed by atoms with Crippen LogP contribution in [0.25, 0.3) is 0 Å². The van der Waals surface area contributed by atoms with Crippen LogP contribution in [0.15, 0.2) is 29.2 Å². The molecule has 4 atom stereocenters. The van der Waals surface area contributed by atoms with Crippen molar-refractivity contribution < 1.29 is 24.4 Å². The summed E-state index contributed by atoms with van der Waals surface area (Å²) in [4.78, 5) is 1.16. The maximum Gasteiger partial charge on any atom is 0.212 e. The predicted octanol–water partition coefficient (Wildman–Crippen LogP) is 1.42. The van der Waals surface area contributed by atoms with Gasteiger partial charge in [-0.1, -0.05) is 0 Å². The van der Waals surface area contributed by atoms with Gasteiger partial charge in [0.05, 0.1) is 13.2 Å². The third kappa shape index (κ3) is 3.50. The minimum Gasteiger partial charge on any atom is -0.385 e. The minimum atomic E-state index is -1.72. The number of hydrogen-bond donors (Lipinski definition) is 3. The van der Waals surface area contributed by atoms with E-state index in [-0.39, 0.29) is 19.3 Å².